The third-order valence-corrected chi connectivity index (χ3v) is 3.93. The molecule has 2 rings (SSSR count). The third-order valence-electron chi connectivity index (χ3n) is 3.93. The molecule has 1 aromatic heterocycles. The van der Waals surface area contributed by atoms with E-state index in [0.717, 1.165) is 18.4 Å². The van der Waals surface area contributed by atoms with E-state index in [0.29, 0.717) is 0 Å². The Morgan fingerprint density at radius 1 is 1.44 bits per heavy atom. The van der Waals surface area contributed by atoms with E-state index >= 15 is 0 Å². The Labute approximate surface area is 98.2 Å². The molecule has 0 aliphatic heterocycles. The van der Waals surface area contributed by atoms with E-state index < -0.39 is 0 Å². The molecule has 0 spiro atoms. The minimum atomic E-state index is 0.924. The molecule has 0 saturated heterocycles. The van der Waals surface area contributed by atoms with Gasteiger partial charge in [-0.05, 0) is 56.7 Å². The van der Waals surface area contributed by atoms with Crippen molar-refractivity contribution < 1.29 is 0 Å². The van der Waals surface area contributed by atoms with E-state index in [-0.39, 0.29) is 0 Å². The number of aromatic nitrogens is 2. The Bertz CT molecular complexity index is 319. The molecule has 2 unspecified atom stereocenters. The van der Waals surface area contributed by atoms with Crippen LogP contribution in [0.15, 0.2) is 12.3 Å². The zero-order valence-corrected chi connectivity index (χ0v) is 10.4. The average molecular weight is 221 g/mol. The highest BCUT2D eigenvalue weighted by atomic mass is 15.2. The molecule has 3 heteroatoms. The SMILES string of the molecule is CCNCC1CCC1CCc1ccnn1C. The average Bonchev–Trinajstić information content (AvgIpc) is 2.64. The first-order valence-corrected chi connectivity index (χ1v) is 6.49. The molecule has 0 amide bonds. The van der Waals surface area contributed by atoms with Crippen LogP contribution in [0.1, 0.15) is 31.9 Å². The van der Waals surface area contributed by atoms with Gasteiger partial charge in [0.05, 0.1) is 0 Å². The van der Waals surface area contributed by atoms with Gasteiger partial charge in [0.25, 0.3) is 0 Å². The molecule has 1 saturated carbocycles. The van der Waals surface area contributed by atoms with Crippen LogP contribution in [-0.4, -0.2) is 22.9 Å². The lowest BCUT2D eigenvalue weighted by Crippen LogP contribution is -2.35. The van der Waals surface area contributed by atoms with E-state index in [1.54, 1.807) is 0 Å². The summed E-state index contributed by atoms with van der Waals surface area (Å²) in [5, 5.41) is 7.68. The molecule has 90 valence electrons. The summed E-state index contributed by atoms with van der Waals surface area (Å²) >= 11 is 0. The number of rotatable bonds is 6. The summed E-state index contributed by atoms with van der Waals surface area (Å²) in [5.41, 5.74) is 1.37. The number of nitrogens with one attached hydrogen (secondary N) is 1. The minimum absolute atomic E-state index is 0.924. The first-order chi connectivity index (χ1) is 7.81. The zero-order chi connectivity index (χ0) is 11.4. The van der Waals surface area contributed by atoms with Crippen LogP contribution < -0.4 is 5.32 Å². The molecule has 2 atom stereocenters. The first-order valence-electron chi connectivity index (χ1n) is 6.49. The molecule has 1 N–H and O–H groups in total. The Hall–Kier alpha value is -0.830. The van der Waals surface area contributed by atoms with Crippen LogP contribution in [0.3, 0.4) is 0 Å². The van der Waals surface area contributed by atoms with Crippen molar-refractivity contribution >= 4 is 0 Å². The van der Waals surface area contributed by atoms with Gasteiger partial charge in [0.15, 0.2) is 0 Å². The largest absolute Gasteiger partial charge is 0.317 e. The van der Waals surface area contributed by atoms with Crippen LogP contribution in [0.4, 0.5) is 0 Å². The van der Waals surface area contributed by atoms with Crippen LogP contribution in [-0.2, 0) is 13.5 Å². The van der Waals surface area contributed by atoms with E-state index in [9.17, 15) is 0 Å². The topological polar surface area (TPSA) is 29.9 Å². The predicted octanol–water partition coefficient (Wildman–Crippen LogP) is 1.99. The van der Waals surface area contributed by atoms with E-state index in [1.165, 1.54) is 37.9 Å². The van der Waals surface area contributed by atoms with Crippen molar-refractivity contribution in [3.05, 3.63) is 18.0 Å². The van der Waals surface area contributed by atoms with Gasteiger partial charge in [0, 0.05) is 18.9 Å². The fourth-order valence-corrected chi connectivity index (χ4v) is 2.60. The molecular weight excluding hydrogens is 198 g/mol. The second-order valence-corrected chi connectivity index (χ2v) is 4.89. The van der Waals surface area contributed by atoms with Gasteiger partial charge in [0.1, 0.15) is 0 Å². The molecule has 3 nitrogen and oxygen atoms in total. The van der Waals surface area contributed by atoms with Gasteiger partial charge in [-0.3, -0.25) is 4.68 Å². The molecule has 1 aliphatic carbocycles. The van der Waals surface area contributed by atoms with Gasteiger partial charge in [0.2, 0.25) is 0 Å². The molecule has 0 bridgehead atoms. The van der Waals surface area contributed by atoms with Crippen LogP contribution in [0.2, 0.25) is 0 Å². The summed E-state index contributed by atoms with van der Waals surface area (Å²) < 4.78 is 2.00. The van der Waals surface area contributed by atoms with Crippen molar-refractivity contribution in [3.8, 4) is 0 Å². The van der Waals surface area contributed by atoms with Crippen molar-refractivity contribution in [2.45, 2.75) is 32.6 Å². The quantitative estimate of drug-likeness (QED) is 0.796. The second kappa shape index (κ2) is 5.48. The van der Waals surface area contributed by atoms with Crippen molar-refractivity contribution in [2.24, 2.45) is 18.9 Å². The van der Waals surface area contributed by atoms with Crippen LogP contribution in [0.25, 0.3) is 0 Å². The highest BCUT2D eigenvalue weighted by Gasteiger charge is 2.29. The van der Waals surface area contributed by atoms with Crippen molar-refractivity contribution in [1.82, 2.24) is 15.1 Å². The highest BCUT2D eigenvalue weighted by molar-refractivity contribution is 5.00. The van der Waals surface area contributed by atoms with Gasteiger partial charge >= 0.3 is 0 Å². The van der Waals surface area contributed by atoms with E-state index in [1.807, 2.05) is 17.9 Å². The molecule has 0 radical (unpaired) electrons. The summed E-state index contributed by atoms with van der Waals surface area (Å²) in [6, 6.07) is 2.14. The second-order valence-electron chi connectivity index (χ2n) is 4.89. The molecule has 1 aliphatic rings. The number of hydrogen-bond acceptors (Lipinski definition) is 2. The zero-order valence-electron chi connectivity index (χ0n) is 10.4. The Kier molecular flexibility index (Phi) is 3.99. The smallest absolute Gasteiger partial charge is 0.0492 e. The van der Waals surface area contributed by atoms with Crippen molar-refractivity contribution in [2.75, 3.05) is 13.1 Å². The lowest BCUT2D eigenvalue weighted by atomic mass is 9.71. The summed E-state index contributed by atoms with van der Waals surface area (Å²) in [7, 11) is 2.03. The summed E-state index contributed by atoms with van der Waals surface area (Å²) in [4.78, 5) is 0. The fourth-order valence-electron chi connectivity index (χ4n) is 2.60. The van der Waals surface area contributed by atoms with E-state index in [2.05, 4.69) is 23.4 Å². The summed E-state index contributed by atoms with van der Waals surface area (Å²) in [6.45, 7) is 4.50. The fraction of sp³-hybridized carbons (Fsp3) is 0.769. The highest BCUT2D eigenvalue weighted by Crippen LogP contribution is 2.36. The maximum atomic E-state index is 4.21. The number of nitrogens with zero attached hydrogens (tertiary/aromatic N) is 2. The lowest BCUT2D eigenvalue weighted by Gasteiger charge is -2.37. The van der Waals surface area contributed by atoms with Crippen LogP contribution in [0, 0.1) is 11.8 Å². The first kappa shape index (κ1) is 11.6. The van der Waals surface area contributed by atoms with Gasteiger partial charge in [-0.15, -0.1) is 0 Å². The van der Waals surface area contributed by atoms with Gasteiger partial charge < -0.3 is 5.32 Å². The van der Waals surface area contributed by atoms with Gasteiger partial charge in [-0.25, -0.2) is 0 Å². The normalized spacial score (nSPS) is 24.4. The monoisotopic (exact) mass is 221 g/mol. The molecule has 1 fully saturated rings. The predicted molar refractivity (Wildman–Crippen MR) is 66.3 cm³/mol. The molecule has 0 aromatic carbocycles. The molecular formula is C13H23N3. The Morgan fingerprint density at radius 2 is 2.25 bits per heavy atom. The Balaban J connectivity index is 1.72. The molecule has 1 aromatic rings. The minimum Gasteiger partial charge on any atom is -0.317 e. The van der Waals surface area contributed by atoms with Crippen LogP contribution >= 0.6 is 0 Å². The van der Waals surface area contributed by atoms with Crippen molar-refractivity contribution in [1.29, 1.82) is 0 Å². The summed E-state index contributed by atoms with van der Waals surface area (Å²) in [5.74, 6) is 1.86. The third kappa shape index (κ3) is 2.64. The van der Waals surface area contributed by atoms with E-state index in [4.69, 9.17) is 0 Å². The number of hydrogen-bond donors (Lipinski definition) is 1. The Morgan fingerprint density at radius 3 is 2.81 bits per heavy atom. The standard InChI is InChI=1S/C13H23N3/c1-3-14-10-12-5-4-11(12)6-7-13-8-9-15-16(13)2/h8-9,11-12,14H,3-7,10H2,1-2H3. The van der Waals surface area contributed by atoms with Gasteiger partial charge in [-0.1, -0.05) is 6.92 Å². The molecule has 16 heavy (non-hydrogen) atoms. The van der Waals surface area contributed by atoms with Crippen LogP contribution in [0.5, 0.6) is 0 Å². The number of aryl methyl sites for hydroxylation is 2. The maximum Gasteiger partial charge on any atom is 0.0492 e. The molecule has 1 heterocycles. The summed E-state index contributed by atoms with van der Waals surface area (Å²) in [6.07, 6.45) is 7.25. The van der Waals surface area contributed by atoms with Gasteiger partial charge in [-0.2, -0.15) is 5.10 Å². The lowest BCUT2D eigenvalue weighted by molar-refractivity contribution is 0.160. The maximum absolute atomic E-state index is 4.21. The van der Waals surface area contributed by atoms with Crippen molar-refractivity contribution in [3.63, 3.8) is 0 Å².